The summed E-state index contributed by atoms with van der Waals surface area (Å²) < 4.78 is 5.47. The van der Waals surface area contributed by atoms with E-state index in [2.05, 4.69) is 10.6 Å². The number of phenolic OH excluding ortho intramolecular Hbond substituents is 1. The average molecular weight is 587 g/mol. The van der Waals surface area contributed by atoms with Gasteiger partial charge in [-0.25, -0.2) is 4.79 Å². The zero-order valence-electron chi connectivity index (χ0n) is 24.9. The minimum atomic E-state index is -1.08. The molecule has 0 saturated carbocycles. The van der Waals surface area contributed by atoms with Crippen LogP contribution in [0.4, 0.5) is 4.79 Å². The number of carbonyl (C=O) groups excluding carboxylic acids is 2. The smallest absolute Gasteiger partial charge is 0.407 e. The monoisotopic (exact) mass is 586 g/mol. The number of benzene rings is 3. The number of aliphatic hydroxyl groups is 2. The largest absolute Gasteiger partial charge is 0.508 e. The van der Waals surface area contributed by atoms with Crippen LogP contribution >= 0.6 is 0 Å². The maximum absolute atomic E-state index is 13.8. The summed E-state index contributed by atoms with van der Waals surface area (Å²) in [5, 5.41) is 37.7. The van der Waals surface area contributed by atoms with E-state index < -0.39 is 41.9 Å². The van der Waals surface area contributed by atoms with Gasteiger partial charge in [-0.2, -0.15) is 0 Å². The third-order valence-corrected chi connectivity index (χ3v) is 7.49. The van der Waals surface area contributed by atoms with Crippen LogP contribution in [0.15, 0.2) is 84.9 Å². The number of ether oxygens (including phenoxy) is 1. The molecule has 8 heteroatoms. The summed E-state index contributed by atoms with van der Waals surface area (Å²) in [4.78, 5) is 26.5. The van der Waals surface area contributed by atoms with Gasteiger partial charge in [-0.3, -0.25) is 4.79 Å². The van der Waals surface area contributed by atoms with E-state index in [1.54, 1.807) is 45.0 Å². The second-order valence-corrected chi connectivity index (χ2v) is 12.1. The molecule has 0 saturated heterocycles. The zero-order valence-corrected chi connectivity index (χ0v) is 24.9. The Morgan fingerprint density at radius 3 is 2.37 bits per heavy atom. The molecule has 2 amide bonds. The first kappa shape index (κ1) is 31.8. The third kappa shape index (κ3) is 9.43. The number of hydrogen-bond acceptors (Lipinski definition) is 6. The van der Waals surface area contributed by atoms with Gasteiger partial charge in [0.05, 0.1) is 24.3 Å². The lowest BCUT2D eigenvalue weighted by atomic mass is 9.90. The van der Waals surface area contributed by atoms with E-state index in [1.807, 2.05) is 66.7 Å². The summed E-state index contributed by atoms with van der Waals surface area (Å²) in [5.41, 5.74) is 2.93. The lowest BCUT2D eigenvalue weighted by Crippen LogP contribution is -2.48. The van der Waals surface area contributed by atoms with Gasteiger partial charge in [0.25, 0.3) is 0 Å². The maximum atomic E-state index is 13.8. The van der Waals surface area contributed by atoms with Gasteiger partial charge in [-0.15, -0.1) is 0 Å². The van der Waals surface area contributed by atoms with Crippen LogP contribution in [-0.4, -0.2) is 51.2 Å². The molecule has 228 valence electrons. The van der Waals surface area contributed by atoms with Gasteiger partial charge < -0.3 is 30.7 Å². The number of aromatic hydroxyl groups is 1. The maximum Gasteiger partial charge on any atom is 0.407 e. The van der Waals surface area contributed by atoms with Crippen LogP contribution in [0.3, 0.4) is 0 Å². The number of aliphatic hydroxyl groups excluding tert-OH is 2. The molecule has 0 heterocycles. The highest BCUT2D eigenvalue weighted by molar-refractivity contribution is 5.80. The molecule has 0 aliphatic heterocycles. The van der Waals surface area contributed by atoms with Crippen molar-refractivity contribution in [2.24, 2.45) is 5.92 Å². The lowest BCUT2D eigenvalue weighted by molar-refractivity contribution is -0.127. The average Bonchev–Trinajstić information content (AvgIpc) is 3.27. The molecule has 3 aromatic carbocycles. The fourth-order valence-corrected chi connectivity index (χ4v) is 5.35. The second-order valence-electron chi connectivity index (χ2n) is 12.1. The van der Waals surface area contributed by atoms with Crippen LogP contribution in [0, 0.1) is 5.92 Å². The van der Waals surface area contributed by atoms with Crippen molar-refractivity contribution in [1.82, 2.24) is 10.6 Å². The molecule has 0 bridgehead atoms. The van der Waals surface area contributed by atoms with Gasteiger partial charge in [-0.1, -0.05) is 78.9 Å². The van der Waals surface area contributed by atoms with E-state index in [1.165, 1.54) is 0 Å². The van der Waals surface area contributed by atoms with Crippen LogP contribution < -0.4 is 10.6 Å². The summed E-state index contributed by atoms with van der Waals surface area (Å²) in [7, 11) is 0. The highest BCUT2D eigenvalue weighted by atomic mass is 16.6. The number of carbonyl (C=O) groups is 2. The summed E-state index contributed by atoms with van der Waals surface area (Å²) >= 11 is 0. The number of hydrogen-bond donors (Lipinski definition) is 5. The Hall–Kier alpha value is -4.14. The second kappa shape index (κ2) is 14.4. The van der Waals surface area contributed by atoms with Crippen molar-refractivity contribution in [1.29, 1.82) is 0 Å². The van der Waals surface area contributed by atoms with Crippen molar-refractivity contribution in [3.05, 3.63) is 107 Å². The molecule has 5 N–H and O–H groups in total. The number of alkyl carbamates (subject to hydrolysis) is 1. The van der Waals surface area contributed by atoms with Crippen molar-refractivity contribution in [2.45, 2.75) is 76.3 Å². The molecular weight excluding hydrogens is 544 g/mol. The van der Waals surface area contributed by atoms with Crippen LogP contribution in [0.1, 0.15) is 61.9 Å². The van der Waals surface area contributed by atoms with E-state index in [0.29, 0.717) is 19.3 Å². The number of fused-ring (bicyclic) bond motifs is 1. The van der Waals surface area contributed by atoms with Crippen molar-refractivity contribution in [3.8, 4) is 5.75 Å². The van der Waals surface area contributed by atoms with Crippen LogP contribution in [0.5, 0.6) is 5.75 Å². The summed E-state index contributed by atoms with van der Waals surface area (Å²) in [6.07, 6.45) is 2.39. The third-order valence-electron chi connectivity index (χ3n) is 7.49. The fourth-order valence-electron chi connectivity index (χ4n) is 5.35. The Balaban J connectivity index is 1.54. The molecule has 0 spiro atoms. The van der Waals surface area contributed by atoms with Gasteiger partial charge in [0.1, 0.15) is 11.4 Å². The number of allylic oxidation sites excluding steroid dienone is 1. The van der Waals surface area contributed by atoms with Crippen LogP contribution in [0.25, 0.3) is 6.08 Å². The molecule has 0 fully saturated rings. The molecule has 4 rings (SSSR count). The summed E-state index contributed by atoms with van der Waals surface area (Å²) in [6.45, 7) is 5.31. The Kier molecular flexibility index (Phi) is 10.6. The molecule has 0 radical (unpaired) electrons. The van der Waals surface area contributed by atoms with E-state index in [9.17, 15) is 24.9 Å². The topological polar surface area (TPSA) is 128 Å². The van der Waals surface area contributed by atoms with Gasteiger partial charge in [0.2, 0.25) is 5.91 Å². The Morgan fingerprint density at radius 1 is 1.00 bits per heavy atom. The SMILES string of the molecule is CC(C)(C)OC(=O)N[C@@H](Cc1ccccc1)[C@@H](O)C[C@H](C/C=C/c1ccc(O)cc1)C(=O)N[C@H]1c2ccccc2C[C@H]1O. The Bertz CT molecular complexity index is 1380. The minimum Gasteiger partial charge on any atom is -0.508 e. The molecule has 0 aromatic heterocycles. The molecule has 8 nitrogen and oxygen atoms in total. The summed E-state index contributed by atoms with van der Waals surface area (Å²) in [6, 6.07) is 22.6. The van der Waals surface area contributed by atoms with Gasteiger partial charge in [-0.05, 0) is 74.4 Å². The Morgan fingerprint density at radius 2 is 1.67 bits per heavy atom. The number of nitrogens with one attached hydrogen (secondary N) is 2. The number of rotatable bonds is 11. The lowest BCUT2D eigenvalue weighted by Gasteiger charge is -2.29. The molecule has 1 aliphatic rings. The standard InChI is InChI=1S/C35H42N2O6/c1-35(2,3)43-34(42)36-29(20-24-10-5-4-6-11-24)30(39)22-26(14-9-12-23-16-18-27(38)19-17-23)33(41)37-32-28-15-8-7-13-25(28)21-31(32)40/h4-13,15-19,26,29-32,38-40H,14,20-22H2,1-3H3,(H,36,42)(H,37,41)/b12-9+/t26-,29-,30-,31+,32-/m0/s1. The first-order valence-electron chi connectivity index (χ1n) is 14.7. The number of phenols is 1. The quantitative estimate of drug-likeness (QED) is 0.213. The van der Waals surface area contributed by atoms with Crippen molar-refractivity contribution in [3.63, 3.8) is 0 Å². The van der Waals surface area contributed by atoms with E-state index in [0.717, 1.165) is 22.3 Å². The van der Waals surface area contributed by atoms with Gasteiger partial charge >= 0.3 is 6.09 Å². The molecule has 3 aromatic rings. The van der Waals surface area contributed by atoms with E-state index in [-0.39, 0.29) is 18.1 Å². The molecule has 5 atom stereocenters. The predicted molar refractivity (Wildman–Crippen MR) is 166 cm³/mol. The minimum absolute atomic E-state index is 0.0590. The first-order chi connectivity index (χ1) is 20.5. The number of amides is 2. The summed E-state index contributed by atoms with van der Waals surface area (Å²) in [5.74, 6) is -0.803. The molecular formula is C35H42N2O6. The van der Waals surface area contributed by atoms with E-state index >= 15 is 0 Å². The van der Waals surface area contributed by atoms with Crippen LogP contribution in [0.2, 0.25) is 0 Å². The molecule has 43 heavy (non-hydrogen) atoms. The molecule has 1 aliphatic carbocycles. The predicted octanol–water partition coefficient (Wildman–Crippen LogP) is 5.07. The highest BCUT2D eigenvalue weighted by Gasteiger charge is 2.35. The normalized spacial score (nSPS) is 18.4. The van der Waals surface area contributed by atoms with E-state index in [4.69, 9.17) is 4.74 Å². The van der Waals surface area contributed by atoms with Crippen molar-refractivity contribution < 1.29 is 29.6 Å². The first-order valence-corrected chi connectivity index (χ1v) is 14.7. The van der Waals surface area contributed by atoms with Gasteiger partial charge in [0, 0.05) is 12.3 Å². The fraction of sp³-hybridized carbons (Fsp3) is 0.371. The molecule has 0 unspecified atom stereocenters. The van der Waals surface area contributed by atoms with Crippen molar-refractivity contribution in [2.75, 3.05) is 0 Å². The highest BCUT2D eigenvalue weighted by Crippen LogP contribution is 2.32. The Labute approximate surface area is 253 Å². The zero-order chi connectivity index (χ0) is 31.0. The van der Waals surface area contributed by atoms with Crippen molar-refractivity contribution >= 4 is 18.1 Å². The van der Waals surface area contributed by atoms with Crippen LogP contribution in [-0.2, 0) is 22.4 Å². The van der Waals surface area contributed by atoms with Gasteiger partial charge in [0.15, 0.2) is 0 Å².